The fraction of sp³-hybridized carbons (Fsp3) is 0.250. The van der Waals surface area contributed by atoms with Gasteiger partial charge in [-0.05, 0) is 29.7 Å². The van der Waals surface area contributed by atoms with E-state index in [-0.39, 0.29) is 0 Å². The molecule has 18 heavy (non-hydrogen) atoms. The summed E-state index contributed by atoms with van der Waals surface area (Å²) < 4.78 is 0. The Hall–Kier alpha value is -1.80. The molecule has 0 aliphatic carbocycles. The van der Waals surface area contributed by atoms with Crippen molar-refractivity contribution in [1.29, 1.82) is 0 Å². The molecule has 0 fully saturated rings. The van der Waals surface area contributed by atoms with Crippen molar-refractivity contribution in [2.75, 3.05) is 5.73 Å². The van der Waals surface area contributed by atoms with Gasteiger partial charge in [-0.2, -0.15) is 0 Å². The number of rotatable bonds is 2. The number of benzene rings is 2. The van der Waals surface area contributed by atoms with Crippen LogP contribution in [0.5, 0.6) is 0 Å². The zero-order valence-corrected chi connectivity index (χ0v) is 10.7. The van der Waals surface area contributed by atoms with Crippen LogP contribution in [-0.4, -0.2) is 4.90 Å². The van der Waals surface area contributed by atoms with E-state index in [9.17, 15) is 0 Å². The van der Waals surface area contributed by atoms with E-state index in [1.165, 1.54) is 22.3 Å². The lowest BCUT2D eigenvalue weighted by Crippen LogP contribution is -2.16. The Balaban J connectivity index is 1.78. The molecule has 0 saturated carbocycles. The SMILES string of the molecule is Cc1ccc(N)c(CN2Cc3ccccc3C2)c1. The molecule has 2 heteroatoms. The van der Waals surface area contributed by atoms with Gasteiger partial charge in [0, 0.05) is 25.3 Å². The summed E-state index contributed by atoms with van der Waals surface area (Å²) in [6, 6.07) is 14.9. The van der Waals surface area contributed by atoms with E-state index in [2.05, 4.69) is 48.2 Å². The quantitative estimate of drug-likeness (QED) is 0.815. The standard InChI is InChI=1S/C16H18N2/c1-12-6-7-16(17)15(8-12)11-18-9-13-4-2-3-5-14(13)10-18/h2-8H,9-11,17H2,1H3. The molecular weight excluding hydrogens is 220 g/mol. The van der Waals surface area contributed by atoms with Crippen LogP contribution in [0.2, 0.25) is 0 Å². The second-order valence-electron chi connectivity index (χ2n) is 5.12. The summed E-state index contributed by atoms with van der Waals surface area (Å²) in [5.41, 5.74) is 12.4. The average molecular weight is 238 g/mol. The summed E-state index contributed by atoms with van der Waals surface area (Å²) in [7, 11) is 0. The minimum atomic E-state index is 0.900. The molecule has 1 aliphatic rings. The molecule has 0 radical (unpaired) electrons. The molecular formula is C16H18N2. The number of fused-ring (bicyclic) bond motifs is 1. The highest BCUT2D eigenvalue weighted by atomic mass is 15.1. The van der Waals surface area contributed by atoms with E-state index in [1.807, 2.05) is 6.07 Å². The van der Waals surface area contributed by atoms with Crippen molar-refractivity contribution >= 4 is 5.69 Å². The number of nitrogens with zero attached hydrogens (tertiary/aromatic N) is 1. The van der Waals surface area contributed by atoms with Crippen LogP contribution in [0.3, 0.4) is 0 Å². The topological polar surface area (TPSA) is 29.3 Å². The molecule has 1 aliphatic heterocycles. The number of anilines is 1. The average Bonchev–Trinajstić information content (AvgIpc) is 2.76. The predicted molar refractivity (Wildman–Crippen MR) is 75.0 cm³/mol. The Kier molecular flexibility index (Phi) is 2.80. The van der Waals surface area contributed by atoms with Crippen molar-refractivity contribution in [2.24, 2.45) is 0 Å². The first-order valence-corrected chi connectivity index (χ1v) is 6.36. The summed E-state index contributed by atoms with van der Waals surface area (Å²) in [6.45, 7) is 5.11. The van der Waals surface area contributed by atoms with Crippen molar-refractivity contribution in [3.05, 3.63) is 64.7 Å². The van der Waals surface area contributed by atoms with Crippen LogP contribution in [0.25, 0.3) is 0 Å². The highest BCUT2D eigenvalue weighted by molar-refractivity contribution is 5.48. The third-order valence-electron chi connectivity index (χ3n) is 3.60. The molecule has 0 aromatic heterocycles. The molecule has 2 nitrogen and oxygen atoms in total. The van der Waals surface area contributed by atoms with E-state index >= 15 is 0 Å². The van der Waals surface area contributed by atoms with Gasteiger partial charge in [0.25, 0.3) is 0 Å². The van der Waals surface area contributed by atoms with Crippen LogP contribution in [0, 0.1) is 6.92 Å². The van der Waals surface area contributed by atoms with Gasteiger partial charge < -0.3 is 5.73 Å². The molecule has 1 heterocycles. The van der Waals surface area contributed by atoms with Crippen molar-refractivity contribution in [1.82, 2.24) is 4.90 Å². The van der Waals surface area contributed by atoms with Gasteiger partial charge in [-0.1, -0.05) is 42.0 Å². The fourth-order valence-corrected chi connectivity index (χ4v) is 2.63. The lowest BCUT2D eigenvalue weighted by Gasteiger charge is -2.16. The lowest BCUT2D eigenvalue weighted by molar-refractivity contribution is 0.276. The van der Waals surface area contributed by atoms with Gasteiger partial charge in [0.05, 0.1) is 0 Å². The largest absolute Gasteiger partial charge is 0.398 e. The summed E-state index contributed by atoms with van der Waals surface area (Å²) in [5.74, 6) is 0. The van der Waals surface area contributed by atoms with Gasteiger partial charge in [0.1, 0.15) is 0 Å². The molecule has 92 valence electrons. The number of hydrogen-bond acceptors (Lipinski definition) is 2. The maximum Gasteiger partial charge on any atom is 0.0359 e. The maximum atomic E-state index is 6.05. The minimum Gasteiger partial charge on any atom is -0.398 e. The predicted octanol–water partition coefficient (Wildman–Crippen LogP) is 3.09. The van der Waals surface area contributed by atoms with E-state index in [0.717, 1.165) is 25.3 Å². The summed E-state index contributed by atoms with van der Waals surface area (Å²) in [5, 5.41) is 0. The Morgan fingerprint density at radius 2 is 1.72 bits per heavy atom. The first kappa shape index (κ1) is 11.3. The highest BCUT2D eigenvalue weighted by Gasteiger charge is 2.18. The molecule has 0 atom stereocenters. The normalized spacial score (nSPS) is 14.7. The second-order valence-corrected chi connectivity index (χ2v) is 5.12. The van der Waals surface area contributed by atoms with Crippen molar-refractivity contribution in [2.45, 2.75) is 26.6 Å². The van der Waals surface area contributed by atoms with Crippen LogP contribution in [-0.2, 0) is 19.6 Å². The Morgan fingerprint density at radius 1 is 1.06 bits per heavy atom. The maximum absolute atomic E-state index is 6.05. The molecule has 0 amide bonds. The van der Waals surface area contributed by atoms with Crippen LogP contribution in [0.15, 0.2) is 42.5 Å². The number of nitrogens with two attached hydrogens (primary N) is 1. The lowest BCUT2D eigenvalue weighted by atomic mass is 10.1. The van der Waals surface area contributed by atoms with Gasteiger partial charge in [-0.25, -0.2) is 0 Å². The second kappa shape index (κ2) is 4.46. The number of aryl methyl sites for hydroxylation is 1. The Bertz CT molecular complexity index is 550. The van der Waals surface area contributed by atoms with Crippen molar-refractivity contribution in [3.63, 3.8) is 0 Å². The van der Waals surface area contributed by atoms with Gasteiger partial charge in [0.2, 0.25) is 0 Å². The van der Waals surface area contributed by atoms with E-state index in [4.69, 9.17) is 5.73 Å². The summed E-state index contributed by atoms with van der Waals surface area (Å²) >= 11 is 0. The van der Waals surface area contributed by atoms with Crippen LogP contribution in [0.1, 0.15) is 22.3 Å². The summed E-state index contributed by atoms with van der Waals surface area (Å²) in [4.78, 5) is 2.44. The monoisotopic (exact) mass is 238 g/mol. The zero-order valence-electron chi connectivity index (χ0n) is 10.7. The van der Waals surface area contributed by atoms with Crippen LogP contribution >= 0.6 is 0 Å². The third kappa shape index (κ3) is 2.12. The molecule has 2 N–H and O–H groups in total. The van der Waals surface area contributed by atoms with Gasteiger partial charge >= 0.3 is 0 Å². The minimum absolute atomic E-state index is 0.900. The van der Waals surface area contributed by atoms with E-state index in [1.54, 1.807) is 0 Å². The molecule has 3 rings (SSSR count). The van der Waals surface area contributed by atoms with E-state index < -0.39 is 0 Å². The zero-order chi connectivity index (χ0) is 12.5. The molecule has 0 saturated heterocycles. The van der Waals surface area contributed by atoms with Gasteiger partial charge in [-0.3, -0.25) is 4.90 Å². The molecule has 0 bridgehead atoms. The summed E-state index contributed by atoms with van der Waals surface area (Å²) in [6.07, 6.45) is 0. The van der Waals surface area contributed by atoms with Crippen molar-refractivity contribution < 1.29 is 0 Å². The highest BCUT2D eigenvalue weighted by Crippen LogP contribution is 2.25. The van der Waals surface area contributed by atoms with E-state index in [0.29, 0.717) is 0 Å². The molecule has 2 aromatic rings. The molecule has 0 unspecified atom stereocenters. The molecule has 2 aromatic carbocycles. The number of nitrogen functional groups attached to an aromatic ring is 1. The van der Waals surface area contributed by atoms with Gasteiger partial charge in [0.15, 0.2) is 0 Å². The fourth-order valence-electron chi connectivity index (χ4n) is 2.63. The number of hydrogen-bond donors (Lipinski definition) is 1. The van der Waals surface area contributed by atoms with Gasteiger partial charge in [-0.15, -0.1) is 0 Å². The Morgan fingerprint density at radius 3 is 2.39 bits per heavy atom. The van der Waals surface area contributed by atoms with Crippen LogP contribution < -0.4 is 5.73 Å². The van der Waals surface area contributed by atoms with Crippen LogP contribution in [0.4, 0.5) is 5.69 Å². The Labute approximate surface area is 108 Å². The first-order chi connectivity index (χ1) is 8.72. The first-order valence-electron chi connectivity index (χ1n) is 6.36. The van der Waals surface area contributed by atoms with Crippen molar-refractivity contribution in [3.8, 4) is 0 Å². The third-order valence-corrected chi connectivity index (χ3v) is 3.60. The molecule has 0 spiro atoms. The smallest absolute Gasteiger partial charge is 0.0359 e.